The van der Waals surface area contributed by atoms with Crippen LogP contribution < -0.4 is 16.0 Å². The highest BCUT2D eigenvalue weighted by molar-refractivity contribution is 6.31. The lowest BCUT2D eigenvalue weighted by Crippen LogP contribution is -2.47. The molecule has 3 aromatic carbocycles. The van der Waals surface area contributed by atoms with Gasteiger partial charge in [0, 0.05) is 16.1 Å². The number of ketones is 1. The minimum Gasteiger partial charge on any atom is -0.450 e. The lowest BCUT2D eigenvalue weighted by molar-refractivity contribution is -0.117. The lowest BCUT2D eigenvalue weighted by atomic mass is 10.00. The standard InChI is InChI=1S/C25H24ClN3O4/c1-2-33-25(32)28-24(18-11-7-4-8-12-18)29(22(30)16-27)21-14-13-19(26)15-20(21)23(31)17-9-5-3-6-10-17/h3-15,24H,2,16,27H2,1H3,(H,28,32). The van der Waals surface area contributed by atoms with Crippen molar-refractivity contribution in [3.05, 3.63) is 101 Å². The van der Waals surface area contributed by atoms with Gasteiger partial charge >= 0.3 is 6.09 Å². The summed E-state index contributed by atoms with van der Waals surface area (Å²) in [5.41, 5.74) is 7.22. The van der Waals surface area contributed by atoms with Crippen molar-refractivity contribution in [1.29, 1.82) is 0 Å². The van der Waals surface area contributed by atoms with Crippen LogP contribution >= 0.6 is 11.6 Å². The molecule has 2 amide bonds. The Bertz CT molecular complexity index is 1120. The third-order valence-electron chi connectivity index (χ3n) is 4.85. The zero-order valence-electron chi connectivity index (χ0n) is 18.0. The first-order valence-electron chi connectivity index (χ1n) is 10.4. The molecule has 7 nitrogen and oxygen atoms in total. The summed E-state index contributed by atoms with van der Waals surface area (Å²) in [5.74, 6) is -0.837. The van der Waals surface area contributed by atoms with E-state index in [1.807, 2.05) is 6.07 Å². The quantitative estimate of drug-likeness (QED) is 0.381. The normalized spacial score (nSPS) is 11.4. The van der Waals surface area contributed by atoms with Crippen LogP contribution in [0.4, 0.5) is 10.5 Å². The molecule has 0 aromatic heterocycles. The van der Waals surface area contributed by atoms with Gasteiger partial charge in [-0.25, -0.2) is 4.79 Å². The molecule has 8 heteroatoms. The fourth-order valence-electron chi connectivity index (χ4n) is 3.38. The van der Waals surface area contributed by atoms with E-state index < -0.39 is 18.2 Å². The third-order valence-corrected chi connectivity index (χ3v) is 5.08. The van der Waals surface area contributed by atoms with Crippen LogP contribution in [0.5, 0.6) is 0 Å². The third kappa shape index (κ3) is 5.77. The molecule has 3 aromatic rings. The van der Waals surface area contributed by atoms with E-state index in [4.69, 9.17) is 22.1 Å². The first kappa shape index (κ1) is 24.0. The summed E-state index contributed by atoms with van der Waals surface area (Å²) in [6, 6.07) is 22.1. The maximum atomic E-state index is 13.4. The van der Waals surface area contributed by atoms with Gasteiger partial charge in [0.15, 0.2) is 5.78 Å². The molecule has 170 valence electrons. The van der Waals surface area contributed by atoms with Crippen LogP contribution in [-0.4, -0.2) is 30.9 Å². The van der Waals surface area contributed by atoms with Crippen molar-refractivity contribution in [3.63, 3.8) is 0 Å². The summed E-state index contributed by atoms with van der Waals surface area (Å²) in [4.78, 5) is 40.2. The van der Waals surface area contributed by atoms with E-state index in [1.54, 1.807) is 73.7 Å². The van der Waals surface area contributed by atoms with E-state index >= 15 is 0 Å². The molecule has 0 heterocycles. The van der Waals surface area contributed by atoms with Crippen molar-refractivity contribution in [2.45, 2.75) is 13.1 Å². The molecule has 33 heavy (non-hydrogen) atoms. The van der Waals surface area contributed by atoms with Gasteiger partial charge in [0.2, 0.25) is 5.91 Å². The summed E-state index contributed by atoms with van der Waals surface area (Å²) in [7, 11) is 0. The van der Waals surface area contributed by atoms with E-state index in [9.17, 15) is 14.4 Å². The predicted octanol–water partition coefficient (Wildman–Crippen LogP) is 4.31. The van der Waals surface area contributed by atoms with Crippen LogP contribution in [0.25, 0.3) is 0 Å². The van der Waals surface area contributed by atoms with Gasteiger partial charge in [0.05, 0.1) is 18.8 Å². The Labute approximate surface area is 197 Å². The number of rotatable bonds is 8. The minimum atomic E-state index is -0.982. The first-order valence-corrected chi connectivity index (χ1v) is 10.7. The van der Waals surface area contributed by atoms with Crippen molar-refractivity contribution in [3.8, 4) is 0 Å². The summed E-state index contributed by atoms with van der Waals surface area (Å²) in [6.07, 6.45) is -1.70. The monoisotopic (exact) mass is 465 g/mol. The number of ether oxygens (including phenoxy) is 1. The molecule has 0 aliphatic carbocycles. The summed E-state index contributed by atoms with van der Waals surface area (Å²) in [6.45, 7) is 1.47. The molecule has 0 saturated heterocycles. The molecule has 0 saturated carbocycles. The Hall–Kier alpha value is -3.68. The van der Waals surface area contributed by atoms with Gasteiger partial charge in [-0.05, 0) is 30.7 Å². The van der Waals surface area contributed by atoms with Crippen molar-refractivity contribution < 1.29 is 19.1 Å². The van der Waals surface area contributed by atoms with Crippen LogP contribution in [0, 0.1) is 0 Å². The zero-order valence-corrected chi connectivity index (χ0v) is 18.8. The maximum Gasteiger partial charge on any atom is 0.409 e. The predicted molar refractivity (Wildman–Crippen MR) is 127 cm³/mol. The fourth-order valence-corrected chi connectivity index (χ4v) is 3.55. The molecule has 3 rings (SSSR count). The molecular weight excluding hydrogens is 442 g/mol. The average molecular weight is 466 g/mol. The smallest absolute Gasteiger partial charge is 0.409 e. The fraction of sp³-hybridized carbons (Fsp3) is 0.160. The van der Waals surface area contributed by atoms with E-state index in [0.717, 1.165) is 0 Å². The van der Waals surface area contributed by atoms with Crippen LogP contribution in [-0.2, 0) is 9.53 Å². The van der Waals surface area contributed by atoms with Crippen molar-refractivity contribution in [2.75, 3.05) is 18.1 Å². The second-order valence-corrected chi connectivity index (χ2v) is 7.44. The molecule has 0 spiro atoms. The van der Waals surface area contributed by atoms with Gasteiger partial charge in [0.25, 0.3) is 0 Å². The number of carbonyl (C=O) groups is 3. The van der Waals surface area contributed by atoms with Crippen LogP contribution in [0.15, 0.2) is 78.9 Å². The van der Waals surface area contributed by atoms with Gasteiger partial charge in [0.1, 0.15) is 6.17 Å². The molecule has 1 atom stereocenters. The number of hydrogen-bond acceptors (Lipinski definition) is 5. The van der Waals surface area contributed by atoms with Gasteiger partial charge in [-0.2, -0.15) is 0 Å². The minimum absolute atomic E-state index is 0.150. The number of nitrogens with zero attached hydrogens (tertiary/aromatic N) is 1. The second-order valence-electron chi connectivity index (χ2n) is 7.00. The van der Waals surface area contributed by atoms with Crippen molar-refractivity contribution in [2.24, 2.45) is 5.73 Å². The lowest BCUT2D eigenvalue weighted by Gasteiger charge is -2.33. The number of nitrogens with one attached hydrogen (secondary N) is 1. The molecule has 0 bridgehead atoms. The Kier molecular flexibility index (Phi) is 8.18. The Morgan fingerprint density at radius 3 is 2.24 bits per heavy atom. The maximum absolute atomic E-state index is 13.4. The number of nitrogens with two attached hydrogens (primary N) is 1. The number of alkyl carbamates (subject to hydrolysis) is 1. The summed E-state index contributed by atoms with van der Waals surface area (Å²) in [5, 5.41) is 3.04. The highest BCUT2D eigenvalue weighted by atomic mass is 35.5. The molecule has 1 unspecified atom stereocenters. The Morgan fingerprint density at radius 2 is 1.64 bits per heavy atom. The number of halogens is 1. The van der Waals surface area contributed by atoms with Crippen molar-refractivity contribution in [1.82, 2.24) is 5.32 Å². The number of amides is 2. The van der Waals surface area contributed by atoms with Crippen molar-refractivity contribution >= 4 is 35.1 Å². The largest absolute Gasteiger partial charge is 0.450 e. The molecule has 0 aliphatic heterocycles. The highest BCUT2D eigenvalue weighted by Crippen LogP contribution is 2.32. The van der Waals surface area contributed by atoms with Crippen LogP contribution in [0.3, 0.4) is 0 Å². The van der Waals surface area contributed by atoms with E-state index in [1.165, 1.54) is 11.0 Å². The second kappa shape index (κ2) is 11.3. The molecule has 0 fully saturated rings. The number of hydrogen-bond donors (Lipinski definition) is 2. The number of anilines is 1. The Morgan fingerprint density at radius 1 is 1.00 bits per heavy atom. The summed E-state index contributed by atoms with van der Waals surface area (Å²) < 4.78 is 5.05. The number of carbonyl (C=O) groups excluding carboxylic acids is 3. The van der Waals surface area contributed by atoms with Gasteiger partial charge in [-0.3, -0.25) is 19.8 Å². The first-order chi connectivity index (χ1) is 16.0. The topological polar surface area (TPSA) is 102 Å². The SMILES string of the molecule is CCOC(=O)NC(c1ccccc1)N(C(=O)CN)c1ccc(Cl)cc1C(=O)c1ccccc1. The number of benzene rings is 3. The average Bonchev–Trinajstić information content (AvgIpc) is 2.85. The van der Waals surface area contributed by atoms with Gasteiger partial charge in [-0.15, -0.1) is 0 Å². The molecular formula is C25H24ClN3O4. The Balaban J connectivity index is 2.18. The van der Waals surface area contributed by atoms with Crippen LogP contribution in [0.1, 0.15) is 34.6 Å². The van der Waals surface area contributed by atoms with E-state index in [2.05, 4.69) is 5.32 Å². The van der Waals surface area contributed by atoms with Gasteiger partial charge < -0.3 is 10.5 Å². The molecule has 0 radical (unpaired) electrons. The van der Waals surface area contributed by atoms with Crippen LogP contribution in [0.2, 0.25) is 5.02 Å². The van der Waals surface area contributed by atoms with E-state index in [0.29, 0.717) is 16.1 Å². The molecule has 3 N–H and O–H groups in total. The zero-order chi connectivity index (χ0) is 23.8. The highest BCUT2D eigenvalue weighted by Gasteiger charge is 2.31. The molecule has 0 aliphatic rings. The van der Waals surface area contributed by atoms with Gasteiger partial charge in [-0.1, -0.05) is 72.3 Å². The van der Waals surface area contributed by atoms with E-state index in [-0.39, 0.29) is 30.2 Å². The summed E-state index contributed by atoms with van der Waals surface area (Å²) >= 11 is 6.22.